The Morgan fingerprint density at radius 2 is 1.86 bits per heavy atom. The van der Waals surface area contributed by atoms with Gasteiger partial charge >= 0.3 is 11.9 Å². The second-order valence-electron chi connectivity index (χ2n) is 5.35. The number of rotatable bonds is 6. The predicted octanol–water partition coefficient (Wildman–Crippen LogP) is 2.39. The standard InChI is InChI=1S/C16H20O6/c1-20-12-6-5-11(13(9-12)21-2)10-22-15(19)16(14(17)18)7-3-4-8-16/h5-6,9H,3-4,7-8,10H2,1-2H3,(H,17,18). The van der Waals surface area contributed by atoms with Crippen LogP contribution in [0.4, 0.5) is 0 Å². The molecule has 6 heteroatoms. The maximum atomic E-state index is 12.2. The highest BCUT2D eigenvalue weighted by Crippen LogP contribution is 2.40. The molecule has 2 rings (SSSR count). The molecule has 0 heterocycles. The van der Waals surface area contributed by atoms with Gasteiger partial charge in [0.2, 0.25) is 0 Å². The topological polar surface area (TPSA) is 82.1 Å². The maximum absolute atomic E-state index is 12.2. The van der Waals surface area contributed by atoms with Crippen LogP contribution in [0.2, 0.25) is 0 Å². The number of hydrogen-bond acceptors (Lipinski definition) is 5. The van der Waals surface area contributed by atoms with E-state index in [-0.39, 0.29) is 6.61 Å². The zero-order valence-corrected chi connectivity index (χ0v) is 12.8. The first-order chi connectivity index (χ1) is 10.5. The van der Waals surface area contributed by atoms with Crippen LogP contribution in [0.5, 0.6) is 11.5 Å². The first-order valence-electron chi connectivity index (χ1n) is 7.15. The van der Waals surface area contributed by atoms with Crippen LogP contribution in [0.3, 0.4) is 0 Å². The van der Waals surface area contributed by atoms with Gasteiger partial charge in [0, 0.05) is 11.6 Å². The highest BCUT2D eigenvalue weighted by molar-refractivity contribution is 5.99. The Kier molecular flexibility index (Phi) is 4.90. The Morgan fingerprint density at radius 1 is 1.18 bits per heavy atom. The number of carboxylic acids is 1. The van der Waals surface area contributed by atoms with Crippen molar-refractivity contribution in [3.63, 3.8) is 0 Å². The van der Waals surface area contributed by atoms with Gasteiger partial charge in [-0.05, 0) is 25.0 Å². The van der Waals surface area contributed by atoms with Crippen molar-refractivity contribution in [3.8, 4) is 11.5 Å². The molecule has 22 heavy (non-hydrogen) atoms. The number of carboxylic acid groups (broad SMARTS) is 1. The molecule has 0 radical (unpaired) electrons. The third kappa shape index (κ3) is 3.00. The molecule has 1 aromatic carbocycles. The third-order valence-corrected chi connectivity index (χ3v) is 4.11. The summed E-state index contributed by atoms with van der Waals surface area (Å²) in [5, 5.41) is 9.36. The second-order valence-corrected chi connectivity index (χ2v) is 5.35. The first kappa shape index (κ1) is 16.1. The molecule has 1 fully saturated rings. The fourth-order valence-corrected chi connectivity index (χ4v) is 2.74. The Morgan fingerprint density at radius 3 is 2.41 bits per heavy atom. The third-order valence-electron chi connectivity index (χ3n) is 4.11. The molecular weight excluding hydrogens is 288 g/mol. The Balaban J connectivity index is 2.09. The average molecular weight is 308 g/mol. The number of methoxy groups -OCH3 is 2. The van der Waals surface area contributed by atoms with Crippen molar-refractivity contribution in [1.82, 2.24) is 0 Å². The fourth-order valence-electron chi connectivity index (χ4n) is 2.74. The van der Waals surface area contributed by atoms with Gasteiger partial charge in [-0.1, -0.05) is 12.8 Å². The second kappa shape index (κ2) is 6.68. The van der Waals surface area contributed by atoms with Gasteiger partial charge in [0.25, 0.3) is 0 Å². The minimum atomic E-state index is -1.39. The van der Waals surface area contributed by atoms with E-state index >= 15 is 0 Å². The van der Waals surface area contributed by atoms with E-state index in [4.69, 9.17) is 14.2 Å². The summed E-state index contributed by atoms with van der Waals surface area (Å²) in [6, 6.07) is 5.15. The first-order valence-corrected chi connectivity index (χ1v) is 7.15. The fraction of sp³-hybridized carbons (Fsp3) is 0.500. The summed E-state index contributed by atoms with van der Waals surface area (Å²) >= 11 is 0. The molecule has 0 aromatic heterocycles. The quantitative estimate of drug-likeness (QED) is 0.642. The van der Waals surface area contributed by atoms with Crippen LogP contribution >= 0.6 is 0 Å². The molecule has 1 saturated carbocycles. The molecule has 0 unspecified atom stereocenters. The van der Waals surface area contributed by atoms with E-state index in [0.717, 1.165) is 12.8 Å². The Labute approximate surface area is 129 Å². The van der Waals surface area contributed by atoms with Gasteiger partial charge < -0.3 is 19.3 Å². The van der Waals surface area contributed by atoms with Gasteiger partial charge in [0.05, 0.1) is 14.2 Å². The SMILES string of the molecule is COc1ccc(COC(=O)C2(C(=O)O)CCCC2)c(OC)c1. The summed E-state index contributed by atoms with van der Waals surface area (Å²) < 4.78 is 15.6. The molecular formula is C16H20O6. The molecule has 0 atom stereocenters. The van der Waals surface area contributed by atoms with E-state index in [1.165, 1.54) is 7.11 Å². The molecule has 1 aliphatic carbocycles. The number of aliphatic carboxylic acids is 1. The molecule has 0 spiro atoms. The molecule has 1 aromatic rings. The van der Waals surface area contributed by atoms with Crippen molar-refractivity contribution in [3.05, 3.63) is 23.8 Å². The van der Waals surface area contributed by atoms with E-state index in [2.05, 4.69) is 0 Å². The summed E-state index contributed by atoms with van der Waals surface area (Å²) in [5.74, 6) is -0.611. The van der Waals surface area contributed by atoms with Gasteiger partial charge in [0.1, 0.15) is 18.1 Å². The minimum Gasteiger partial charge on any atom is -0.497 e. The summed E-state index contributed by atoms with van der Waals surface area (Å²) in [7, 11) is 3.06. The zero-order valence-electron chi connectivity index (χ0n) is 12.8. The van der Waals surface area contributed by atoms with E-state index < -0.39 is 17.4 Å². The number of ether oxygens (including phenoxy) is 3. The number of hydrogen-bond donors (Lipinski definition) is 1. The highest BCUT2D eigenvalue weighted by atomic mass is 16.5. The molecule has 1 aliphatic rings. The Bertz CT molecular complexity index is 560. The van der Waals surface area contributed by atoms with Gasteiger partial charge in [0.15, 0.2) is 5.41 Å². The number of carbonyl (C=O) groups is 2. The molecule has 0 bridgehead atoms. The monoisotopic (exact) mass is 308 g/mol. The van der Waals surface area contributed by atoms with Crippen LogP contribution in [-0.2, 0) is 20.9 Å². The predicted molar refractivity (Wildman–Crippen MR) is 77.9 cm³/mol. The smallest absolute Gasteiger partial charge is 0.323 e. The van der Waals surface area contributed by atoms with Gasteiger partial charge in [-0.15, -0.1) is 0 Å². The highest BCUT2D eigenvalue weighted by Gasteiger charge is 2.49. The van der Waals surface area contributed by atoms with E-state index in [0.29, 0.717) is 29.9 Å². The molecule has 0 amide bonds. The average Bonchev–Trinajstić information content (AvgIpc) is 3.03. The summed E-state index contributed by atoms with van der Waals surface area (Å²) in [4.78, 5) is 23.7. The lowest BCUT2D eigenvalue weighted by molar-refractivity contribution is -0.169. The van der Waals surface area contributed by atoms with Crippen LogP contribution in [0.1, 0.15) is 31.2 Å². The van der Waals surface area contributed by atoms with Gasteiger partial charge in [-0.3, -0.25) is 9.59 Å². The van der Waals surface area contributed by atoms with Crippen molar-refractivity contribution < 1.29 is 28.9 Å². The van der Waals surface area contributed by atoms with Gasteiger partial charge in [-0.2, -0.15) is 0 Å². The van der Waals surface area contributed by atoms with E-state index in [1.807, 2.05) is 0 Å². The van der Waals surface area contributed by atoms with E-state index in [1.54, 1.807) is 25.3 Å². The lowest BCUT2D eigenvalue weighted by atomic mass is 9.86. The molecule has 120 valence electrons. The van der Waals surface area contributed by atoms with E-state index in [9.17, 15) is 14.7 Å². The van der Waals surface area contributed by atoms with Crippen molar-refractivity contribution in [2.24, 2.45) is 5.41 Å². The van der Waals surface area contributed by atoms with Crippen LogP contribution in [0.25, 0.3) is 0 Å². The lowest BCUT2D eigenvalue weighted by Crippen LogP contribution is -2.38. The van der Waals surface area contributed by atoms with Crippen molar-refractivity contribution in [2.45, 2.75) is 32.3 Å². The van der Waals surface area contributed by atoms with Crippen LogP contribution in [-0.4, -0.2) is 31.3 Å². The zero-order chi connectivity index (χ0) is 16.2. The molecule has 6 nitrogen and oxygen atoms in total. The normalized spacial score (nSPS) is 16.1. The molecule has 1 N–H and O–H groups in total. The molecule has 0 aliphatic heterocycles. The summed E-state index contributed by atoms with van der Waals surface area (Å²) in [5.41, 5.74) is -0.727. The maximum Gasteiger partial charge on any atom is 0.323 e. The Hall–Kier alpha value is -2.24. The number of benzene rings is 1. The van der Waals surface area contributed by atoms with Crippen molar-refractivity contribution in [1.29, 1.82) is 0 Å². The summed E-state index contributed by atoms with van der Waals surface area (Å²) in [6.45, 7) is -0.0268. The van der Waals surface area contributed by atoms with Crippen LogP contribution < -0.4 is 9.47 Å². The summed E-state index contributed by atoms with van der Waals surface area (Å²) in [6.07, 6.45) is 2.13. The van der Waals surface area contributed by atoms with Gasteiger partial charge in [-0.25, -0.2) is 0 Å². The largest absolute Gasteiger partial charge is 0.497 e. The van der Waals surface area contributed by atoms with Crippen LogP contribution in [0.15, 0.2) is 18.2 Å². The molecule has 0 saturated heterocycles. The number of esters is 1. The lowest BCUT2D eigenvalue weighted by Gasteiger charge is -2.21. The van der Waals surface area contributed by atoms with Crippen molar-refractivity contribution in [2.75, 3.05) is 14.2 Å². The van der Waals surface area contributed by atoms with Crippen LogP contribution in [0, 0.1) is 5.41 Å². The number of carbonyl (C=O) groups excluding carboxylic acids is 1. The minimum absolute atomic E-state index is 0.0268. The van der Waals surface area contributed by atoms with Crippen molar-refractivity contribution >= 4 is 11.9 Å².